The van der Waals surface area contributed by atoms with Gasteiger partial charge in [0.25, 0.3) is 5.89 Å². The number of pyridine rings is 2. The maximum atomic E-state index is 5.55. The van der Waals surface area contributed by atoms with Crippen LogP contribution in [0.1, 0.15) is 24.2 Å². The Labute approximate surface area is 180 Å². The Bertz CT molecular complexity index is 1330. The van der Waals surface area contributed by atoms with Gasteiger partial charge in [0.1, 0.15) is 5.82 Å². The number of hydrogen-bond donors (Lipinski definition) is 1. The van der Waals surface area contributed by atoms with E-state index in [0.717, 1.165) is 33.3 Å². The first kappa shape index (κ1) is 18.9. The van der Waals surface area contributed by atoms with E-state index >= 15 is 0 Å². The first-order valence-corrected chi connectivity index (χ1v) is 10.2. The monoisotopic (exact) mass is 407 g/mol. The molecule has 2 aromatic carbocycles. The van der Waals surface area contributed by atoms with Gasteiger partial charge in [0, 0.05) is 17.1 Å². The smallest absolute Gasteiger partial charge is 0.258 e. The molecule has 0 spiro atoms. The normalized spacial score (nSPS) is 12.1. The second-order valence-electron chi connectivity index (χ2n) is 7.49. The zero-order valence-electron chi connectivity index (χ0n) is 17.3. The lowest BCUT2D eigenvalue weighted by molar-refractivity contribution is 0.432. The van der Waals surface area contributed by atoms with E-state index in [2.05, 4.69) is 58.6 Å². The molecule has 1 atom stereocenters. The Morgan fingerprint density at radius 3 is 2.55 bits per heavy atom. The molecule has 5 rings (SSSR count). The average Bonchev–Trinajstić information content (AvgIpc) is 3.30. The summed E-state index contributed by atoms with van der Waals surface area (Å²) in [5.41, 5.74) is 4.65. The number of fused-ring (bicyclic) bond motifs is 1. The first-order chi connectivity index (χ1) is 15.2. The molecule has 152 valence electrons. The van der Waals surface area contributed by atoms with Gasteiger partial charge in [0.05, 0.1) is 22.8 Å². The topological polar surface area (TPSA) is 76.7 Å². The van der Waals surface area contributed by atoms with Gasteiger partial charge in [0.2, 0.25) is 5.82 Å². The second-order valence-corrected chi connectivity index (χ2v) is 7.49. The van der Waals surface area contributed by atoms with Crippen LogP contribution in [-0.4, -0.2) is 20.1 Å². The van der Waals surface area contributed by atoms with Crippen molar-refractivity contribution >= 4 is 16.7 Å². The van der Waals surface area contributed by atoms with Gasteiger partial charge in [-0.3, -0.25) is 4.98 Å². The third-order valence-corrected chi connectivity index (χ3v) is 5.15. The van der Waals surface area contributed by atoms with Crippen LogP contribution in [0.25, 0.3) is 33.7 Å². The van der Waals surface area contributed by atoms with Gasteiger partial charge in [-0.25, -0.2) is 4.98 Å². The highest BCUT2D eigenvalue weighted by Crippen LogP contribution is 2.32. The Morgan fingerprint density at radius 2 is 1.74 bits per heavy atom. The first-order valence-electron chi connectivity index (χ1n) is 10.2. The van der Waals surface area contributed by atoms with Gasteiger partial charge in [0.15, 0.2) is 0 Å². The van der Waals surface area contributed by atoms with Crippen molar-refractivity contribution in [1.82, 2.24) is 20.1 Å². The maximum Gasteiger partial charge on any atom is 0.258 e. The van der Waals surface area contributed by atoms with Crippen LogP contribution in [0, 0.1) is 6.92 Å². The van der Waals surface area contributed by atoms with Crippen LogP contribution in [-0.2, 0) is 0 Å². The molecule has 0 bridgehead atoms. The number of nitrogens with one attached hydrogen (secondary N) is 1. The molecule has 6 heteroatoms. The van der Waals surface area contributed by atoms with Gasteiger partial charge in [-0.1, -0.05) is 41.6 Å². The van der Waals surface area contributed by atoms with E-state index in [4.69, 9.17) is 9.51 Å². The fourth-order valence-electron chi connectivity index (χ4n) is 3.50. The average molecular weight is 407 g/mol. The lowest BCUT2D eigenvalue weighted by Crippen LogP contribution is -2.10. The molecule has 0 saturated carbocycles. The van der Waals surface area contributed by atoms with E-state index in [-0.39, 0.29) is 6.04 Å². The summed E-state index contributed by atoms with van der Waals surface area (Å²) in [6, 6.07) is 23.8. The standard InChI is InChI=1S/C25H21N5O/c1-16-11-12-19-15-20(24-29-25(31-30-24)18-8-4-3-5-9-18)23(28-22(19)14-16)27-17(2)21-10-6-7-13-26-21/h3-15,17H,1-2H3,(H,27,28)/t17-/m1/s1. The highest BCUT2D eigenvalue weighted by atomic mass is 16.5. The molecule has 31 heavy (non-hydrogen) atoms. The Kier molecular flexibility index (Phi) is 4.88. The van der Waals surface area contributed by atoms with Crippen LogP contribution < -0.4 is 5.32 Å². The zero-order valence-corrected chi connectivity index (χ0v) is 17.3. The summed E-state index contributed by atoms with van der Waals surface area (Å²) in [7, 11) is 0. The van der Waals surface area contributed by atoms with Crippen LogP contribution in [0.15, 0.2) is 83.5 Å². The van der Waals surface area contributed by atoms with Crippen LogP contribution in [0.5, 0.6) is 0 Å². The molecule has 0 unspecified atom stereocenters. The molecule has 0 saturated heterocycles. The van der Waals surface area contributed by atoms with Gasteiger partial charge < -0.3 is 9.84 Å². The van der Waals surface area contributed by atoms with Crippen molar-refractivity contribution in [2.45, 2.75) is 19.9 Å². The second kappa shape index (κ2) is 7.99. The molecule has 0 aliphatic carbocycles. The molecule has 0 radical (unpaired) electrons. The van der Waals surface area contributed by atoms with Crippen molar-refractivity contribution in [2.24, 2.45) is 0 Å². The minimum Gasteiger partial charge on any atom is -0.361 e. The van der Waals surface area contributed by atoms with Crippen molar-refractivity contribution in [3.05, 3.63) is 90.3 Å². The SMILES string of the molecule is Cc1ccc2cc(-c3noc(-c4ccccc4)n3)c(N[C@H](C)c3ccccn3)nc2c1. The third kappa shape index (κ3) is 3.88. The van der Waals surface area contributed by atoms with Gasteiger partial charge >= 0.3 is 0 Å². The predicted molar refractivity (Wildman–Crippen MR) is 121 cm³/mol. The Morgan fingerprint density at radius 1 is 0.903 bits per heavy atom. The molecular formula is C25H21N5O. The molecule has 1 N–H and O–H groups in total. The van der Waals surface area contributed by atoms with Gasteiger partial charge in [-0.15, -0.1) is 0 Å². The molecule has 0 aliphatic rings. The predicted octanol–water partition coefficient (Wildman–Crippen LogP) is 5.83. The minimum absolute atomic E-state index is 0.0461. The molecular weight excluding hydrogens is 386 g/mol. The summed E-state index contributed by atoms with van der Waals surface area (Å²) in [6.45, 7) is 4.11. The van der Waals surface area contributed by atoms with Crippen LogP contribution in [0.4, 0.5) is 5.82 Å². The summed E-state index contributed by atoms with van der Waals surface area (Å²) >= 11 is 0. The fourth-order valence-corrected chi connectivity index (χ4v) is 3.50. The maximum absolute atomic E-state index is 5.55. The van der Waals surface area contributed by atoms with Crippen molar-refractivity contribution < 1.29 is 4.52 Å². The Balaban J connectivity index is 1.60. The highest BCUT2D eigenvalue weighted by Gasteiger charge is 2.18. The van der Waals surface area contributed by atoms with Crippen molar-refractivity contribution in [1.29, 1.82) is 0 Å². The molecule has 0 fully saturated rings. The highest BCUT2D eigenvalue weighted by molar-refractivity contribution is 5.88. The molecule has 5 aromatic rings. The third-order valence-electron chi connectivity index (χ3n) is 5.15. The molecule has 6 nitrogen and oxygen atoms in total. The molecule has 3 aromatic heterocycles. The van der Waals surface area contributed by atoms with E-state index in [1.807, 2.05) is 48.5 Å². The summed E-state index contributed by atoms with van der Waals surface area (Å²) in [5.74, 6) is 1.66. The number of aryl methyl sites for hydroxylation is 1. The van der Waals surface area contributed by atoms with Crippen LogP contribution in [0.2, 0.25) is 0 Å². The molecule has 0 amide bonds. The molecule has 3 heterocycles. The lowest BCUT2D eigenvalue weighted by Gasteiger charge is -2.16. The summed E-state index contributed by atoms with van der Waals surface area (Å²) in [4.78, 5) is 14.0. The number of aromatic nitrogens is 4. The van der Waals surface area contributed by atoms with Crippen molar-refractivity contribution in [2.75, 3.05) is 5.32 Å². The summed E-state index contributed by atoms with van der Waals surface area (Å²) < 4.78 is 5.55. The summed E-state index contributed by atoms with van der Waals surface area (Å²) in [6.07, 6.45) is 1.79. The van der Waals surface area contributed by atoms with E-state index in [1.165, 1.54) is 0 Å². The number of anilines is 1. The number of nitrogens with zero attached hydrogens (tertiary/aromatic N) is 4. The lowest BCUT2D eigenvalue weighted by atomic mass is 10.1. The molecule has 0 aliphatic heterocycles. The van der Waals surface area contributed by atoms with Crippen molar-refractivity contribution in [3.63, 3.8) is 0 Å². The van der Waals surface area contributed by atoms with E-state index < -0.39 is 0 Å². The van der Waals surface area contributed by atoms with E-state index in [9.17, 15) is 0 Å². The number of benzene rings is 2. The zero-order chi connectivity index (χ0) is 21.2. The van der Waals surface area contributed by atoms with E-state index in [1.54, 1.807) is 6.20 Å². The minimum atomic E-state index is -0.0461. The van der Waals surface area contributed by atoms with Crippen molar-refractivity contribution in [3.8, 4) is 22.8 Å². The quantitative estimate of drug-likeness (QED) is 0.395. The largest absolute Gasteiger partial charge is 0.361 e. The van der Waals surface area contributed by atoms with Crippen LogP contribution in [0.3, 0.4) is 0 Å². The van der Waals surface area contributed by atoms with Crippen LogP contribution >= 0.6 is 0 Å². The number of hydrogen-bond acceptors (Lipinski definition) is 6. The van der Waals surface area contributed by atoms with Gasteiger partial charge in [-0.05, 0) is 55.8 Å². The Hall–Kier alpha value is -4.06. The fraction of sp³-hybridized carbons (Fsp3) is 0.120. The van der Waals surface area contributed by atoms with Gasteiger partial charge in [-0.2, -0.15) is 4.98 Å². The van der Waals surface area contributed by atoms with E-state index in [0.29, 0.717) is 17.5 Å². The number of rotatable bonds is 5. The summed E-state index contributed by atoms with van der Waals surface area (Å²) in [5, 5.41) is 8.75.